The maximum Gasteiger partial charge on any atom is 0.318 e. The van der Waals surface area contributed by atoms with Crippen molar-refractivity contribution < 1.29 is 13.9 Å². The van der Waals surface area contributed by atoms with Crippen LogP contribution in [0.25, 0.3) is 27.9 Å². The Labute approximate surface area is 221 Å². The third kappa shape index (κ3) is 4.52. The van der Waals surface area contributed by atoms with E-state index in [4.69, 9.17) is 4.74 Å². The predicted octanol–water partition coefficient (Wildman–Crippen LogP) is 4.10. The number of aromatic amines is 1. The number of fused-ring (bicyclic) bond motifs is 1. The number of likely N-dealkylation sites (tertiary alicyclic amines) is 1. The van der Waals surface area contributed by atoms with E-state index >= 15 is 4.39 Å². The molecule has 0 spiro atoms. The Morgan fingerprint density at radius 2 is 1.97 bits per heavy atom. The highest BCUT2D eigenvalue weighted by molar-refractivity contribution is 5.91. The average Bonchev–Trinajstić information content (AvgIpc) is 3.31. The molecule has 3 aromatic rings. The highest BCUT2D eigenvalue weighted by atomic mass is 19.1. The molecule has 2 aromatic heterocycles. The summed E-state index contributed by atoms with van der Waals surface area (Å²) in [7, 11) is 4.00. The molecule has 9 nitrogen and oxygen atoms in total. The summed E-state index contributed by atoms with van der Waals surface area (Å²) in [4.78, 5) is 27.1. The molecule has 1 aromatic carbocycles. The van der Waals surface area contributed by atoms with Gasteiger partial charge in [0.25, 0.3) is 0 Å². The largest absolute Gasteiger partial charge is 0.369 e. The normalized spacial score (nSPS) is 19.6. The Morgan fingerprint density at radius 1 is 1.21 bits per heavy atom. The van der Waals surface area contributed by atoms with Crippen molar-refractivity contribution in [2.45, 2.75) is 50.9 Å². The lowest BCUT2D eigenvalue weighted by Gasteiger charge is -2.42. The number of rotatable bonds is 5. The standard InChI is InChI=1S/C28H34FN7O2/c1-27(2,3)38-19-15-36(16-19)26(37)33-28(9-10-28)21-7-6-17(12-22(21)29)20-8-11-30-25-23(20)31-24(32-25)18-13-34(4)35(5)14-18/h6-8,11-13,19H,9-10,14-16H2,1-5H3,(H,33,37)(H,30,31,32). The van der Waals surface area contributed by atoms with Crippen molar-refractivity contribution in [3.63, 3.8) is 0 Å². The number of benzene rings is 1. The van der Waals surface area contributed by atoms with E-state index in [9.17, 15) is 4.79 Å². The van der Waals surface area contributed by atoms with Crippen LogP contribution < -0.4 is 5.32 Å². The van der Waals surface area contributed by atoms with E-state index in [-0.39, 0.29) is 23.6 Å². The molecule has 1 saturated heterocycles. The Morgan fingerprint density at radius 3 is 2.61 bits per heavy atom. The number of urea groups is 1. The average molecular weight is 520 g/mol. The minimum absolute atomic E-state index is 0.0406. The van der Waals surface area contributed by atoms with E-state index in [1.165, 1.54) is 0 Å². The molecule has 4 heterocycles. The van der Waals surface area contributed by atoms with E-state index in [0.717, 1.165) is 34.6 Å². The van der Waals surface area contributed by atoms with E-state index in [0.29, 0.717) is 37.1 Å². The molecule has 0 bridgehead atoms. The molecular formula is C28H34FN7O2. The van der Waals surface area contributed by atoms with Crippen molar-refractivity contribution in [1.29, 1.82) is 0 Å². The first-order valence-electron chi connectivity index (χ1n) is 13.1. The van der Waals surface area contributed by atoms with Crippen molar-refractivity contribution in [2.24, 2.45) is 0 Å². The zero-order valence-corrected chi connectivity index (χ0v) is 22.5. The number of amides is 2. The lowest BCUT2D eigenvalue weighted by atomic mass is 9.98. The van der Waals surface area contributed by atoms with Gasteiger partial charge in [-0.05, 0) is 51.3 Å². The number of ether oxygens (including phenoxy) is 1. The maximum atomic E-state index is 15.6. The van der Waals surface area contributed by atoms with Crippen LogP contribution in [0.5, 0.6) is 0 Å². The molecule has 200 valence electrons. The lowest BCUT2D eigenvalue weighted by molar-refractivity contribution is -0.111. The van der Waals surface area contributed by atoms with Gasteiger partial charge in [0.2, 0.25) is 0 Å². The minimum atomic E-state index is -0.655. The van der Waals surface area contributed by atoms with Crippen molar-refractivity contribution >= 4 is 22.8 Å². The van der Waals surface area contributed by atoms with Crippen molar-refractivity contribution in [1.82, 2.24) is 35.2 Å². The SMILES string of the molecule is CN1C=C(c2nc3nccc(-c4ccc(C5(NC(=O)N6CC(OC(C)(C)C)C6)CC5)c(F)c4)c3[nH]2)CN1C. The smallest absolute Gasteiger partial charge is 0.318 e. The summed E-state index contributed by atoms with van der Waals surface area (Å²) in [5.74, 6) is 0.429. The highest BCUT2D eigenvalue weighted by Gasteiger charge is 2.49. The number of imidazole rings is 1. The summed E-state index contributed by atoms with van der Waals surface area (Å²) in [5.41, 5.74) is 3.61. The monoisotopic (exact) mass is 519 g/mol. The number of hydrazine groups is 1. The first-order valence-corrected chi connectivity index (χ1v) is 13.1. The van der Waals surface area contributed by atoms with E-state index in [1.54, 1.807) is 23.2 Å². The summed E-state index contributed by atoms with van der Waals surface area (Å²) in [5, 5.41) is 7.18. The quantitative estimate of drug-likeness (QED) is 0.528. The van der Waals surface area contributed by atoms with Crippen molar-refractivity contribution in [3.05, 3.63) is 53.9 Å². The second kappa shape index (κ2) is 8.78. The van der Waals surface area contributed by atoms with Crippen molar-refractivity contribution in [2.75, 3.05) is 33.7 Å². The highest BCUT2D eigenvalue weighted by Crippen LogP contribution is 2.47. The molecule has 0 unspecified atom stereocenters. The summed E-state index contributed by atoms with van der Waals surface area (Å²) in [6.45, 7) is 7.86. The minimum Gasteiger partial charge on any atom is -0.369 e. The van der Waals surface area contributed by atoms with E-state index in [2.05, 4.69) is 25.3 Å². The maximum absolute atomic E-state index is 15.6. The van der Waals surface area contributed by atoms with Crippen LogP contribution in [0.1, 0.15) is 45.0 Å². The topological polar surface area (TPSA) is 89.6 Å². The van der Waals surface area contributed by atoms with Crippen LogP contribution in [-0.4, -0.2) is 81.3 Å². The van der Waals surface area contributed by atoms with Crippen LogP contribution in [0.4, 0.5) is 9.18 Å². The van der Waals surface area contributed by atoms with Crippen LogP contribution in [0, 0.1) is 5.82 Å². The van der Waals surface area contributed by atoms with Crippen LogP contribution >= 0.6 is 0 Å². The third-order valence-electron chi connectivity index (χ3n) is 7.52. The number of carbonyl (C=O) groups excluding carboxylic acids is 1. The fourth-order valence-corrected chi connectivity index (χ4v) is 5.28. The van der Waals surface area contributed by atoms with Gasteiger partial charge in [0.05, 0.1) is 35.9 Å². The number of halogens is 1. The van der Waals surface area contributed by atoms with Gasteiger partial charge in [0, 0.05) is 49.7 Å². The summed E-state index contributed by atoms with van der Waals surface area (Å²) in [6.07, 6.45) is 5.20. The first-order chi connectivity index (χ1) is 18.0. The molecule has 1 saturated carbocycles. The predicted molar refractivity (Wildman–Crippen MR) is 143 cm³/mol. The molecule has 2 fully saturated rings. The first kappa shape index (κ1) is 24.8. The number of pyridine rings is 1. The molecular weight excluding hydrogens is 485 g/mol. The van der Waals surface area contributed by atoms with Gasteiger partial charge in [-0.2, -0.15) is 0 Å². The third-order valence-corrected chi connectivity index (χ3v) is 7.52. The number of H-pyrrole nitrogens is 1. The molecule has 38 heavy (non-hydrogen) atoms. The molecule has 2 aliphatic heterocycles. The number of aromatic nitrogens is 3. The van der Waals surface area contributed by atoms with Crippen LogP contribution in [-0.2, 0) is 10.3 Å². The molecule has 10 heteroatoms. The Kier molecular flexibility index (Phi) is 5.73. The lowest BCUT2D eigenvalue weighted by Crippen LogP contribution is -2.60. The summed E-state index contributed by atoms with van der Waals surface area (Å²) < 4.78 is 21.5. The fraction of sp³-hybridized carbons (Fsp3) is 0.464. The summed E-state index contributed by atoms with van der Waals surface area (Å²) in [6, 6.07) is 6.95. The van der Waals surface area contributed by atoms with Gasteiger partial charge in [-0.25, -0.2) is 24.2 Å². The zero-order valence-electron chi connectivity index (χ0n) is 22.5. The Bertz CT molecular complexity index is 1430. The van der Waals surface area contributed by atoms with Gasteiger partial charge in [-0.3, -0.25) is 0 Å². The number of hydrogen-bond donors (Lipinski definition) is 2. The number of nitrogens with one attached hydrogen (secondary N) is 2. The second-order valence-corrected chi connectivity index (χ2v) is 11.7. The van der Waals surface area contributed by atoms with Gasteiger partial charge in [-0.1, -0.05) is 12.1 Å². The van der Waals surface area contributed by atoms with E-state index in [1.807, 2.05) is 58.2 Å². The van der Waals surface area contributed by atoms with Crippen LogP contribution in [0.15, 0.2) is 36.7 Å². The molecule has 0 atom stereocenters. The molecule has 0 radical (unpaired) electrons. The van der Waals surface area contributed by atoms with Crippen molar-refractivity contribution in [3.8, 4) is 11.1 Å². The molecule has 2 amide bonds. The van der Waals surface area contributed by atoms with Gasteiger partial charge < -0.3 is 24.9 Å². The van der Waals surface area contributed by atoms with Gasteiger partial charge in [0.1, 0.15) is 11.6 Å². The molecule has 6 rings (SSSR count). The van der Waals surface area contributed by atoms with Crippen LogP contribution in [0.2, 0.25) is 0 Å². The van der Waals surface area contributed by atoms with Gasteiger partial charge >= 0.3 is 6.03 Å². The van der Waals surface area contributed by atoms with E-state index < -0.39 is 5.54 Å². The summed E-state index contributed by atoms with van der Waals surface area (Å²) >= 11 is 0. The zero-order chi connectivity index (χ0) is 26.8. The fourth-order valence-electron chi connectivity index (χ4n) is 5.28. The Balaban J connectivity index is 1.20. The molecule has 3 aliphatic rings. The number of carbonyl (C=O) groups is 1. The van der Waals surface area contributed by atoms with Crippen LogP contribution in [0.3, 0.4) is 0 Å². The molecule has 2 N–H and O–H groups in total. The van der Waals surface area contributed by atoms with Gasteiger partial charge in [0.15, 0.2) is 5.65 Å². The Hall–Kier alpha value is -3.50. The number of likely N-dealkylation sites (N-methyl/N-ethyl adjacent to an activating group) is 1. The second-order valence-electron chi connectivity index (χ2n) is 11.7. The number of nitrogens with zero attached hydrogens (tertiary/aromatic N) is 5. The molecule has 1 aliphatic carbocycles. The number of hydrogen-bond acceptors (Lipinski definition) is 6. The van der Waals surface area contributed by atoms with Gasteiger partial charge in [-0.15, -0.1) is 0 Å².